The highest BCUT2D eigenvalue weighted by Crippen LogP contribution is 2.23. The number of H-pyrrole nitrogens is 1. The van der Waals surface area contributed by atoms with E-state index < -0.39 is 0 Å². The molecule has 0 saturated carbocycles. The fourth-order valence-corrected chi connectivity index (χ4v) is 5.13. The van der Waals surface area contributed by atoms with Crippen LogP contribution in [0.5, 0.6) is 0 Å². The van der Waals surface area contributed by atoms with Crippen LogP contribution >= 0.6 is 0 Å². The molecular weight excluding hydrogens is 372 g/mol. The normalized spacial score (nSPS) is 22.4. The first kappa shape index (κ1) is 19.6. The zero-order chi connectivity index (χ0) is 20.3. The summed E-state index contributed by atoms with van der Waals surface area (Å²) < 4.78 is 0. The number of aromatic nitrogens is 1. The van der Waals surface area contributed by atoms with E-state index in [1.54, 1.807) is 0 Å². The van der Waals surface area contributed by atoms with E-state index in [9.17, 15) is 5.21 Å². The third-order valence-electron chi connectivity index (χ3n) is 6.97. The zero-order valence-corrected chi connectivity index (χ0v) is 17.6. The van der Waals surface area contributed by atoms with Crippen molar-refractivity contribution < 1.29 is 5.06 Å². The van der Waals surface area contributed by atoms with Gasteiger partial charge >= 0.3 is 0 Å². The number of benzene rings is 2. The van der Waals surface area contributed by atoms with Crippen molar-refractivity contribution in [3.05, 3.63) is 65.5 Å². The average molecular weight is 405 g/mol. The molecule has 5 nitrogen and oxygen atoms in total. The van der Waals surface area contributed by atoms with Crippen molar-refractivity contribution in [2.45, 2.75) is 38.1 Å². The van der Waals surface area contributed by atoms with E-state index in [0.29, 0.717) is 5.06 Å². The number of unbranched alkanes of at least 4 members (excludes halogenated alkanes) is 1. The summed E-state index contributed by atoms with van der Waals surface area (Å²) in [5.41, 5.74) is 4.75. The van der Waals surface area contributed by atoms with Crippen molar-refractivity contribution in [1.82, 2.24) is 9.88 Å². The van der Waals surface area contributed by atoms with Gasteiger partial charge in [0.2, 0.25) is 0 Å². The highest BCUT2D eigenvalue weighted by Gasteiger charge is 2.25. The van der Waals surface area contributed by atoms with Gasteiger partial charge in [0.1, 0.15) is 5.69 Å². The number of quaternary nitrogens is 1. The van der Waals surface area contributed by atoms with E-state index in [1.165, 1.54) is 28.6 Å². The Hall–Kier alpha value is -2.34. The lowest BCUT2D eigenvalue weighted by atomic mass is 9.94. The van der Waals surface area contributed by atoms with E-state index in [-0.39, 0.29) is 6.04 Å². The lowest BCUT2D eigenvalue weighted by Crippen LogP contribution is -3.07. The topological polar surface area (TPSA) is 49.8 Å². The van der Waals surface area contributed by atoms with Gasteiger partial charge in [-0.25, -0.2) is 0 Å². The maximum atomic E-state index is 12.7. The first-order chi connectivity index (χ1) is 14.8. The second-order valence-electron chi connectivity index (χ2n) is 8.83. The van der Waals surface area contributed by atoms with Gasteiger partial charge < -0.3 is 20.2 Å². The average Bonchev–Trinajstić information content (AvgIpc) is 3.26. The van der Waals surface area contributed by atoms with Crippen LogP contribution in [0, 0.1) is 5.21 Å². The molecule has 5 rings (SSSR count). The van der Waals surface area contributed by atoms with Gasteiger partial charge in [-0.2, -0.15) is 0 Å². The van der Waals surface area contributed by atoms with Crippen molar-refractivity contribution in [2.24, 2.45) is 0 Å². The molecule has 1 saturated heterocycles. The number of piperazine rings is 1. The number of hydrogen-bond donors (Lipinski definition) is 2. The number of hydroxylamine groups is 1. The van der Waals surface area contributed by atoms with Crippen LogP contribution in [0.4, 0.5) is 11.4 Å². The number of para-hydroxylation sites is 1. The van der Waals surface area contributed by atoms with Crippen molar-refractivity contribution in [2.75, 3.05) is 37.6 Å². The Morgan fingerprint density at radius 3 is 2.77 bits per heavy atom. The molecule has 2 unspecified atom stereocenters. The number of hydrogen-bond acceptors (Lipinski definition) is 3. The van der Waals surface area contributed by atoms with Crippen LogP contribution in [-0.4, -0.2) is 48.6 Å². The summed E-state index contributed by atoms with van der Waals surface area (Å²) in [5, 5.41) is 14.4. The molecule has 0 spiro atoms. The minimum absolute atomic E-state index is 0.236. The molecule has 2 aliphatic heterocycles. The number of anilines is 1. The molecule has 30 heavy (non-hydrogen) atoms. The molecular formula is C25H32N4O. The van der Waals surface area contributed by atoms with Gasteiger partial charge in [-0.15, -0.1) is 0 Å². The van der Waals surface area contributed by atoms with Crippen molar-refractivity contribution in [1.29, 1.82) is 0 Å². The minimum Gasteiger partial charge on any atom is -0.629 e. The molecule has 0 aliphatic carbocycles. The first-order valence-electron chi connectivity index (χ1n) is 11.4. The SMILES string of the molecule is [O-][NH+]1c2ccccc2CCC1CCCCN1CCN(c2ccc3[nH]ccc3c2)CC1. The zero-order valence-electron chi connectivity index (χ0n) is 17.6. The molecule has 0 radical (unpaired) electrons. The number of aromatic amines is 1. The second kappa shape index (κ2) is 8.80. The van der Waals surface area contributed by atoms with Crippen LogP contribution in [0.3, 0.4) is 0 Å². The van der Waals surface area contributed by atoms with Crippen molar-refractivity contribution in [3.63, 3.8) is 0 Å². The van der Waals surface area contributed by atoms with Crippen LogP contribution in [0.2, 0.25) is 0 Å². The number of aryl methyl sites for hydroxylation is 1. The lowest BCUT2D eigenvalue weighted by Gasteiger charge is -2.37. The second-order valence-corrected chi connectivity index (χ2v) is 8.83. The summed E-state index contributed by atoms with van der Waals surface area (Å²) in [7, 11) is 0. The highest BCUT2D eigenvalue weighted by molar-refractivity contribution is 5.83. The number of nitrogens with zero attached hydrogens (tertiary/aromatic N) is 2. The molecule has 2 atom stereocenters. The minimum atomic E-state index is 0.236. The van der Waals surface area contributed by atoms with E-state index in [4.69, 9.17) is 0 Å². The summed E-state index contributed by atoms with van der Waals surface area (Å²) in [5.74, 6) is 0. The van der Waals surface area contributed by atoms with Crippen LogP contribution in [-0.2, 0) is 6.42 Å². The Morgan fingerprint density at radius 2 is 1.87 bits per heavy atom. The smallest absolute Gasteiger partial charge is 0.134 e. The Balaban J connectivity index is 1.05. The third-order valence-corrected chi connectivity index (χ3v) is 6.97. The van der Waals surface area contributed by atoms with Crippen LogP contribution in [0.25, 0.3) is 10.9 Å². The van der Waals surface area contributed by atoms with E-state index >= 15 is 0 Å². The predicted molar refractivity (Wildman–Crippen MR) is 123 cm³/mol. The molecule has 0 amide bonds. The molecule has 2 aliphatic rings. The monoisotopic (exact) mass is 404 g/mol. The van der Waals surface area contributed by atoms with Gasteiger partial charge in [0.05, 0.1) is 6.04 Å². The van der Waals surface area contributed by atoms with Crippen molar-refractivity contribution in [3.8, 4) is 0 Å². The largest absolute Gasteiger partial charge is 0.629 e. The molecule has 0 bridgehead atoms. The molecule has 3 heterocycles. The van der Waals surface area contributed by atoms with Gasteiger partial charge in [-0.05, 0) is 56.1 Å². The number of fused-ring (bicyclic) bond motifs is 2. The lowest BCUT2D eigenvalue weighted by molar-refractivity contribution is -0.811. The first-order valence-corrected chi connectivity index (χ1v) is 11.4. The van der Waals surface area contributed by atoms with Crippen LogP contribution in [0.15, 0.2) is 54.7 Å². The van der Waals surface area contributed by atoms with Gasteiger partial charge in [-0.1, -0.05) is 18.2 Å². The summed E-state index contributed by atoms with van der Waals surface area (Å²) in [6, 6.07) is 17.2. The van der Waals surface area contributed by atoms with Crippen LogP contribution < -0.4 is 9.96 Å². The quantitative estimate of drug-likeness (QED) is 0.488. The molecule has 5 heteroatoms. The third kappa shape index (κ3) is 4.10. The van der Waals surface area contributed by atoms with Gasteiger partial charge in [0, 0.05) is 67.4 Å². The Morgan fingerprint density at radius 1 is 1.00 bits per heavy atom. The fourth-order valence-electron chi connectivity index (χ4n) is 5.13. The maximum Gasteiger partial charge on any atom is 0.134 e. The van der Waals surface area contributed by atoms with E-state index in [1.807, 2.05) is 24.4 Å². The molecule has 1 aromatic heterocycles. The summed E-state index contributed by atoms with van der Waals surface area (Å²) in [6.45, 7) is 5.59. The molecule has 158 valence electrons. The molecule has 3 aromatic rings. The molecule has 2 aromatic carbocycles. The van der Waals surface area contributed by atoms with Gasteiger partial charge in [0.15, 0.2) is 0 Å². The summed E-state index contributed by atoms with van der Waals surface area (Å²) in [6.07, 6.45) is 7.49. The predicted octanol–water partition coefficient (Wildman–Crippen LogP) is 3.49. The number of rotatable bonds is 6. The highest BCUT2D eigenvalue weighted by atomic mass is 16.5. The molecule has 2 N–H and O–H groups in total. The summed E-state index contributed by atoms with van der Waals surface area (Å²) >= 11 is 0. The Bertz CT molecular complexity index is 976. The van der Waals surface area contributed by atoms with Crippen molar-refractivity contribution >= 4 is 22.3 Å². The van der Waals surface area contributed by atoms with E-state index in [2.05, 4.69) is 45.1 Å². The van der Waals surface area contributed by atoms with Gasteiger partial charge in [0.25, 0.3) is 0 Å². The standard InChI is InChI=1S/C25H32N4O/c30-29-22(9-8-20-5-1-2-7-25(20)29)6-3-4-14-27-15-17-28(18-16-27)23-10-11-24-21(19-23)12-13-26-24/h1-2,5,7,10-13,19,22,26,29H,3-4,6,8-9,14-18H2. The van der Waals surface area contributed by atoms with Gasteiger partial charge in [-0.3, -0.25) is 4.90 Å². The number of nitrogens with one attached hydrogen (secondary N) is 2. The molecule has 1 fully saturated rings. The Kier molecular flexibility index (Phi) is 5.75. The Labute approximate surface area is 178 Å². The van der Waals surface area contributed by atoms with Crippen LogP contribution in [0.1, 0.15) is 31.2 Å². The van der Waals surface area contributed by atoms with E-state index in [0.717, 1.165) is 64.1 Å². The summed E-state index contributed by atoms with van der Waals surface area (Å²) in [4.78, 5) is 8.36. The fraction of sp³-hybridized carbons (Fsp3) is 0.440. The maximum absolute atomic E-state index is 12.7.